The number of esters is 1. The van der Waals surface area contributed by atoms with Gasteiger partial charge < -0.3 is 34.6 Å². The average Bonchev–Trinajstić information content (AvgIpc) is 3.77. The predicted molar refractivity (Wildman–Crippen MR) is 149 cm³/mol. The largest absolute Gasteiger partial charge is 0.469 e. The van der Waals surface area contributed by atoms with E-state index in [2.05, 4.69) is 20.9 Å². The van der Waals surface area contributed by atoms with Crippen LogP contribution in [0, 0.1) is 5.92 Å². The second-order valence-electron chi connectivity index (χ2n) is 11.5. The molecule has 3 N–H and O–H groups in total. The molecule has 4 bridgehead atoms. The number of nitrogens with zero attached hydrogens (tertiary/aromatic N) is 1. The number of hydrogen-bond acceptors (Lipinski definition) is 9. The first kappa shape index (κ1) is 26.5. The Morgan fingerprint density at radius 3 is 2.74 bits per heavy atom. The van der Waals surface area contributed by atoms with Gasteiger partial charge in [0.25, 0.3) is 0 Å². The number of fused-ring (bicyclic) bond motifs is 4. The number of amides is 2. The van der Waals surface area contributed by atoms with Crippen LogP contribution in [0.5, 0.6) is 5.75 Å². The molecule has 11 heteroatoms. The Balaban J connectivity index is 1.44. The maximum absolute atomic E-state index is 13.8. The number of ether oxygens (including phenoxy) is 3. The molecule has 4 aliphatic heterocycles. The lowest BCUT2D eigenvalue weighted by Gasteiger charge is -2.29. The molecule has 218 valence electrons. The van der Waals surface area contributed by atoms with Gasteiger partial charge in [-0.2, -0.15) is 0 Å². The van der Waals surface area contributed by atoms with Crippen molar-refractivity contribution < 1.29 is 33.0 Å². The molecule has 0 radical (unpaired) electrons. The highest BCUT2D eigenvalue weighted by molar-refractivity contribution is 5.91. The summed E-state index contributed by atoms with van der Waals surface area (Å²) in [4.78, 5) is 44.8. The van der Waals surface area contributed by atoms with Crippen LogP contribution in [0.3, 0.4) is 0 Å². The van der Waals surface area contributed by atoms with Gasteiger partial charge in [0.15, 0.2) is 17.7 Å². The molecule has 5 atom stereocenters. The number of para-hydroxylation sites is 1. The van der Waals surface area contributed by atoms with Crippen LogP contribution in [-0.2, 0) is 30.9 Å². The predicted octanol–water partition coefficient (Wildman–Crippen LogP) is 2.97. The molecule has 1 aromatic heterocycles. The van der Waals surface area contributed by atoms with Crippen molar-refractivity contribution in [1.82, 2.24) is 15.6 Å². The monoisotopic (exact) mass is 572 g/mol. The molecule has 42 heavy (non-hydrogen) atoms. The minimum atomic E-state index is -1.07. The van der Waals surface area contributed by atoms with E-state index in [1.165, 1.54) is 7.11 Å². The van der Waals surface area contributed by atoms with E-state index in [-0.39, 0.29) is 35.6 Å². The number of benzene rings is 2. The van der Waals surface area contributed by atoms with E-state index in [0.29, 0.717) is 18.8 Å². The Hall–Kier alpha value is -4.38. The summed E-state index contributed by atoms with van der Waals surface area (Å²) in [7, 11) is 1.30. The Bertz CT molecular complexity index is 1590. The molecular weight excluding hydrogens is 540 g/mol. The van der Waals surface area contributed by atoms with Gasteiger partial charge in [-0.15, -0.1) is 0 Å². The highest BCUT2D eigenvalue weighted by atomic mass is 16.5. The lowest BCUT2D eigenvalue weighted by atomic mass is 9.72. The van der Waals surface area contributed by atoms with Crippen molar-refractivity contribution in [3.8, 4) is 5.75 Å². The maximum atomic E-state index is 13.8. The van der Waals surface area contributed by atoms with Crippen LogP contribution < -0.4 is 20.7 Å². The number of carbonyl (C=O) groups is 3. The molecule has 2 amide bonds. The van der Waals surface area contributed by atoms with E-state index < -0.39 is 41.7 Å². The molecule has 1 unspecified atom stereocenters. The van der Waals surface area contributed by atoms with Crippen LogP contribution in [0.15, 0.2) is 46.9 Å². The summed E-state index contributed by atoms with van der Waals surface area (Å²) in [6.45, 7) is 4.36. The molecule has 3 aromatic rings. The minimum absolute atomic E-state index is 0.0141. The van der Waals surface area contributed by atoms with E-state index in [0.717, 1.165) is 28.8 Å². The zero-order chi connectivity index (χ0) is 29.2. The van der Waals surface area contributed by atoms with Gasteiger partial charge in [0.2, 0.25) is 17.7 Å². The highest BCUT2D eigenvalue weighted by Gasteiger charge is 2.61. The summed E-state index contributed by atoms with van der Waals surface area (Å²) in [6.07, 6.45) is 0.415. The van der Waals surface area contributed by atoms with Crippen molar-refractivity contribution in [3.05, 3.63) is 76.5 Å². The highest BCUT2D eigenvalue weighted by Crippen LogP contribution is 2.58. The van der Waals surface area contributed by atoms with Crippen molar-refractivity contribution in [2.45, 2.75) is 62.9 Å². The van der Waals surface area contributed by atoms with E-state index in [9.17, 15) is 14.4 Å². The van der Waals surface area contributed by atoms with Gasteiger partial charge in [-0.3, -0.25) is 9.59 Å². The van der Waals surface area contributed by atoms with E-state index >= 15 is 0 Å². The van der Waals surface area contributed by atoms with Crippen LogP contribution in [-0.4, -0.2) is 54.9 Å². The number of nitrogens with one attached hydrogen (secondary N) is 3. The normalized spacial score (nSPS) is 27.1. The van der Waals surface area contributed by atoms with Gasteiger partial charge in [-0.1, -0.05) is 44.2 Å². The van der Waals surface area contributed by atoms with Gasteiger partial charge >= 0.3 is 5.97 Å². The topological polar surface area (TPSA) is 141 Å². The number of aromatic nitrogens is 1. The van der Waals surface area contributed by atoms with E-state index in [1.807, 2.05) is 56.3 Å². The molecule has 1 spiro atoms. The lowest BCUT2D eigenvalue weighted by Crippen LogP contribution is -2.51. The summed E-state index contributed by atoms with van der Waals surface area (Å²) in [6, 6.07) is 11.9. The third-order valence-electron chi connectivity index (χ3n) is 8.65. The number of methoxy groups -OCH3 is 1. The third-order valence-corrected chi connectivity index (χ3v) is 8.65. The van der Waals surface area contributed by atoms with Crippen LogP contribution in [0.25, 0.3) is 0 Å². The standard InChI is InChI=1S/C31H32N4O7/c1-15(2)23-28-35-24(29(38)39-3)25(42-28)31-17-7-4-5-8-19(17)33-30(31)41-21-11-10-16(13-18(21)31)14-20(26(36)34-23)32-27(37)22-9-6-12-40-22/h4-5,7-8,10-11,13,15,20,22-23,30,33H,6,9,12,14H2,1-3H3,(H,32,37)(H,34,36)/t20-,22+,23-,30?,31-/m0/s1. The number of anilines is 1. The van der Waals surface area contributed by atoms with Crippen molar-refractivity contribution in [3.63, 3.8) is 0 Å². The fourth-order valence-corrected chi connectivity index (χ4v) is 6.59. The van der Waals surface area contributed by atoms with Crippen molar-refractivity contribution >= 4 is 23.5 Å². The molecular formula is C31H32N4O7. The summed E-state index contributed by atoms with van der Waals surface area (Å²) >= 11 is 0. The average molecular weight is 573 g/mol. The van der Waals surface area contributed by atoms with Crippen LogP contribution in [0.4, 0.5) is 5.69 Å². The van der Waals surface area contributed by atoms with Crippen LogP contribution >= 0.6 is 0 Å². The van der Waals surface area contributed by atoms with Crippen LogP contribution in [0.2, 0.25) is 0 Å². The smallest absolute Gasteiger partial charge is 0.360 e. The van der Waals surface area contributed by atoms with Crippen molar-refractivity contribution in [2.24, 2.45) is 5.92 Å². The van der Waals surface area contributed by atoms with Crippen molar-refractivity contribution in [2.75, 3.05) is 19.0 Å². The fourth-order valence-electron chi connectivity index (χ4n) is 6.59. The Labute approximate surface area is 242 Å². The summed E-state index contributed by atoms with van der Waals surface area (Å²) in [5.74, 6) is -0.473. The Kier molecular flexibility index (Phi) is 6.23. The lowest BCUT2D eigenvalue weighted by molar-refractivity contribution is -0.135. The van der Waals surface area contributed by atoms with Gasteiger partial charge in [0.1, 0.15) is 29.4 Å². The molecule has 0 saturated carbocycles. The molecule has 1 saturated heterocycles. The van der Waals surface area contributed by atoms with Crippen LogP contribution in [0.1, 0.15) is 71.6 Å². The van der Waals surface area contributed by atoms with Gasteiger partial charge in [-0.25, -0.2) is 9.78 Å². The van der Waals surface area contributed by atoms with Gasteiger partial charge in [0, 0.05) is 24.3 Å². The third kappa shape index (κ3) is 3.90. The SMILES string of the molecule is COC(=O)c1nc2oc1[C@@]13c4ccccc4NC1Oc1ccc(cc13)C[C@H](NC(=O)[C@H]1CCCO1)C(=O)N[C@H]2C(C)C. The molecule has 4 aliphatic rings. The Morgan fingerprint density at radius 1 is 1.14 bits per heavy atom. The minimum Gasteiger partial charge on any atom is -0.469 e. The van der Waals surface area contributed by atoms with E-state index in [1.54, 1.807) is 0 Å². The first-order chi connectivity index (χ1) is 20.3. The number of rotatable bonds is 4. The molecule has 2 aromatic carbocycles. The first-order valence-electron chi connectivity index (χ1n) is 14.3. The second kappa shape index (κ2) is 9.87. The molecule has 7 rings (SSSR count). The first-order valence-corrected chi connectivity index (χ1v) is 14.3. The fraction of sp³-hybridized carbons (Fsp3) is 0.419. The Morgan fingerprint density at radius 2 is 1.98 bits per heavy atom. The van der Waals surface area contributed by atoms with Crippen molar-refractivity contribution in [1.29, 1.82) is 0 Å². The maximum Gasteiger partial charge on any atom is 0.360 e. The number of oxazole rings is 1. The molecule has 11 nitrogen and oxygen atoms in total. The quantitative estimate of drug-likeness (QED) is 0.403. The molecule has 1 fully saturated rings. The zero-order valence-corrected chi connectivity index (χ0v) is 23.6. The summed E-state index contributed by atoms with van der Waals surface area (Å²) < 4.78 is 23.8. The summed E-state index contributed by atoms with van der Waals surface area (Å²) in [5, 5.41) is 9.43. The number of carbonyl (C=O) groups excluding carboxylic acids is 3. The zero-order valence-electron chi connectivity index (χ0n) is 23.6. The molecule has 0 aliphatic carbocycles. The van der Waals surface area contributed by atoms with E-state index in [4.69, 9.17) is 18.6 Å². The second-order valence-corrected chi connectivity index (χ2v) is 11.5. The summed E-state index contributed by atoms with van der Waals surface area (Å²) in [5.41, 5.74) is 2.22. The molecule has 5 heterocycles. The van der Waals surface area contributed by atoms with Gasteiger partial charge in [0.05, 0.1) is 7.11 Å². The number of hydrogen-bond donors (Lipinski definition) is 3. The van der Waals surface area contributed by atoms with Gasteiger partial charge in [-0.05, 0) is 42.0 Å².